The fourth-order valence-electron chi connectivity index (χ4n) is 1.000. The fourth-order valence-corrected chi connectivity index (χ4v) is 1.000. The molecule has 0 spiro atoms. The average molecular weight is 331 g/mol. The average Bonchev–Trinajstić information content (AvgIpc) is 2.27. The van der Waals surface area contributed by atoms with Gasteiger partial charge in [0.1, 0.15) is 0 Å². The zero-order chi connectivity index (χ0) is 17.3. The molecule has 0 amide bonds. The van der Waals surface area contributed by atoms with Gasteiger partial charge in [0.25, 0.3) is 0 Å². The Morgan fingerprint density at radius 3 is 0.261 bits per heavy atom. The molecule has 0 radical (unpaired) electrons. The highest BCUT2D eigenvalue weighted by Gasteiger charge is 1.96. The Kier molecular flexibility index (Phi) is 50.8. The monoisotopic (exact) mass is 330 g/mol. The van der Waals surface area contributed by atoms with E-state index in [2.05, 4.69) is 0 Å². The van der Waals surface area contributed by atoms with Crippen molar-refractivity contribution in [1.29, 1.82) is 0 Å². The molecule has 0 unspecified atom stereocenters. The van der Waals surface area contributed by atoms with Crippen molar-refractivity contribution in [3.05, 3.63) is 0 Å². The molecule has 0 heterocycles. The van der Waals surface area contributed by atoms with Gasteiger partial charge in [-0.05, 0) is 0 Å². The van der Waals surface area contributed by atoms with Crippen LogP contribution in [0.25, 0.3) is 0 Å². The summed E-state index contributed by atoms with van der Waals surface area (Å²) in [7, 11) is 0. The minimum atomic E-state index is 0. The van der Waals surface area contributed by atoms with Gasteiger partial charge in [0, 0.05) is 0 Å². The maximum Gasteiger partial charge on any atom is -0.0533 e. The van der Waals surface area contributed by atoms with Crippen LogP contribution in [0.5, 0.6) is 0 Å². The molecule has 0 saturated heterocycles. The van der Waals surface area contributed by atoms with E-state index in [0.29, 0.717) is 0 Å². The Balaban J connectivity index is -0.0000000936. The molecule has 0 heteroatoms. The van der Waals surface area contributed by atoms with Crippen molar-refractivity contribution in [1.82, 2.24) is 0 Å². The van der Waals surface area contributed by atoms with Crippen molar-refractivity contribution in [3.63, 3.8) is 0 Å². The molecule has 0 N–H and O–H groups in total. The zero-order valence-corrected chi connectivity index (χ0v) is 17.3. The second-order valence-electron chi connectivity index (χ2n) is 5.66. The standard InChI is InChI=1S/4C4H8.3C2H6.CH4/c4*1-2-4-3-1;3*1-2;/h4*1-4H2;3*1-2H3;1H4. The van der Waals surface area contributed by atoms with Crippen LogP contribution in [-0.2, 0) is 0 Å². The van der Waals surface area contributed by atoms with Crippen LogP contribution in [0, 0.1) is 0 Å². The first-order chi connectivity index (χ1) is 11.0. The van der Waals surface area contributed by atoms with E-state index in [0.717, 1.165) is 0 Å². The van der Waals surface area contributed by atoms with Crippen molar-refractivity contribution in [2.75, 3.05) is 0 Å². The van der Waals surface area contributed by atoms with Gasteiger partial charge in [-0.1, -0.05) is 152 Å². The summed E-state index contributed by atoms with van der Waals surface area (Å²) >= 11 is 0. The van der Waals surface area contributed by atoms with Crippen LogP contribution < -0.4 is 0 Å². The van der Waals surface area contributed by atoms with Crippen LogP contribution in [0.15, 0.2) is 0 Å². The van der Waals surface area contributed by atoms with E-state index >= 15 is 0 Å². The Labute approximate surface area is 152 Å². The molecule has 0 aliphatic heterocycles. The Morgan fingerprint density at radius 2 is 0.261 bits per heavy atom. The minimum Gasteiger partial charge on any atom is -0.0776 e. The molecular weight excluding hydrogens is 276 g/mol. The molecule has 0 aromatic carbocycles. The van der Waals surface area contributed by atoms with Gasteiger partial charge in [0.05, 0.1) is 0 Å². The minimum absolute atomic E-state index is 0. The Hall–Kier alpha value is 0. The van der Waals surface area contributed by atoms with Crippen LogP contribution in [0.2, 0.25) is 0 Å². The van der Waals surface area contributed by atoms with Crippen molar-refractivity contribution >= 4 is 0 Å². The largest absolute Gasteiger partial charge is 0.0776 e. The number of hydrogen-bond acceptors (Lipinski definition) is 0. The number of rotatable bonds is 0. The highest BCUT2D eigenvalue weighted by molar-refractivity contribution is 4.52. The predicted molar refractivity (Wildman–Crippen MR) is 115 cm³/mol. The summed E-state index contributed by atoms with van der Waals surface area (Å²) < 4.78 is 0. The van der Waals surface area contributed by atoms with Gasteiger partial charge < -0.3 is 0 Å². The van der Waals surface area contributed by atoms with Gasteiger partial charge in [-0.3, -0.25) is 0 Å². The van der Waals surface area contributed by atoms with E-state index in [1.54, 1.807) is 0 Å². The molecule has 4 aliphatic rings. The third-order valence-corrected chi connectivity index (χ3v) is 4.00. The zero-order valence-electron chi connectivity index (χ0n) is 17.3. The molecule has 0 atom stereocenters. The summed E-state index contributed by atoms with van der Waals surface area (Å²) in [5.74, 6) is 0. The third kappa shape index (κ3) is 34.4. The molecule has 4 fully saturated rings. The van der Waals surface area contributed by atoms with Gasteiger partial charge in [-0.25, -0.2) is 0 Å². The molecule has 0 nitrogen and oxygen atoms in total. The van der Waals surface area contributed by atoms with Crippen molar-refractivity contribution in [2.24, 2.45) is 0 Å². The van der Waals surface area contributed by atoms with Crippen molar-refractivity contribution in [2.45, 2.75) is 152 Å². The molecule has 0 bridgehead atoms. The molecular formula is C23H54. The van der Waals surface area contributed by atoms with E-state index in [4.69, 9.17) is 0 Å². The van der Waals surface area contributed by atoms with E-state index in [-0.39, 0.29) is 7.43 Å². The molecule has 146 valence electrons. The molecule has 23 heavy (non-hydrogen) atoms. The number of hydrogen-bond donors (Lipinski definition) is 0. The molecule has 0 aromatic rings. The van der Waals surface area contributed by atoms with E-state index < -0.39 is 0 Å². The van der Waals surface area contributed by atoms with Crippen LogP contribution >= 0.6 is 0 Å². The normalized spacial score (nSPS) is 17.5. The lowest BCUT2D eigenvalue weighted by molar-refractivity contribution is 0.504. The second kappa shape index (κ2) is 37.9. The van der Waals surface area contributed by atoms with Crippen LogP contribution in [0.4, 0.5) is 0 Å². The summed E-state index contributed by atoms with van der Waals surface area (Å²) in [6.07, 6.45) is 24.0. The molecule has 4 aliphatic carbocycles. The lowest BCUT2D eigenvalue weighted by Gasteiger charge is -2.05. The maximum absolute atomic E-state index is 2.00. The molecule has 0 aromatic heterocycles. The van der Waals surface area contributed by atoms with Crippen LogP contribution in [-0.4, -0.2) is 0 Å². The summed E-state index contributed by atoms with van der Waals surface area (Å²) in [6, 6.07) is 0. The van der Waals surface area contributed by atoms with Crippen molar-refractivity contribution < 1.29 is 0 Å². The molecule has 4 rings (SSSR count). The van der Waals surface area contributed by atoms with Gasteiger partial charge in [-0.2, -0.15) is 0 Å². The Bertz CT molecular complexity index is 64.0. The van der Waals surface area contributed by atoms with E-state index in [1.165, 1.54) is 103 Å². The van der Waals surface area contributed by atoms with E-state index in [1.807, 2.05) is 41.5 Å². The predicted octanol–water partition coefficient (Wildman–Crippen LogP) is 9.96. The maximum atomic E-state index is 2.00. The first-order valence-corrected chi connectivity index (χ1v) is 11.0. The lowest BCUT2D eigenvalue weighted by atomic mass is 10.0. The van der Waals surface area contributed by atoms with Gasteiger partial charge in [0.15, 0.2) is 0 Å². The first-order valence-electron chi connectivity index (χ1n) is 11.0. The van der Waals surface area contributed by atoms with Gasteiger partial charge in [0.2, 0.25) is 0 Å². The first kappa shape index (κ1) is 30.8. The third-order valence-electron chi connectivity index (χ3n) is 4.00. The SMILES string of the molecule is C.C1CCC1.C1CCC1.C1CCC1.C1CCC1.CC.CC.CC. The second-order valence-corrected chi connectivity index (χ2v) is 5.66. The molecule has 4 saturated carbocycles. The smallest absolute Gasteiger partial charge is 0.0533 e. The van der Waals surface area contributed by atoms with Crippen LogP contribution in [0.3, 0.4) is 0 Å². The topological polar surface area (TPSA) is 0 Å². The van der Waals surface area contributed by atoms with E-state index in [9.17, 15) is 0 Å². The Morgan fingerprint density at radius 1 is 0.217 bits per heavy atom. The summed E-state index contributed by atoms with van der Waals surface area (Å²) in [5.41, 5.74) is 0. The summed E-state index contributed by atoms with van der Waals surface area (Å²) in [5, 5.41) is 0. The quantitative estimate of drug-likeness (QED) is 0.414. The van der Waals surface area contributed by atoms with Crippen molar-refractivity contribution in [3.8, 4) is 0 Å². The van der Waals surface area contributed by atoms with Crippen LogP contribution in [0.1, 0.15) is 152 Å². The summed E-state index contributed by atoms with van der Waals surface area (Å²) in [6.45, 7) is 12.0. The van der Waals surface area contributed by atoms with Gasteiger partial charge >= 0.3 is 0 Å². The highest BCUT2D eigenvalue weighted by atomic mass is 14.0. The highest BCUT2D eigenvalue weighted by Crippen LogP contribution is 2.16. The van der Waals surface area contributed by atoms with Gasteiger partial charge in [-0.15, -0.1) is 0 Å². The fraction of sp³-hybridized carbons (Fsp3) is 1.00. The lowest BCUT2D eigenvalue weighted by Crippen LogP contribution is -1.85. The summed E-state index contributed by atoms with van der Waals surface area (Å²) in [4.78, 5) is 0.